The predicted molar refractivity (Wildman–Crippen MR) is 38.5 cm³/mol. The number of aryl methyl sites for hydroxylation is 1. The van der Waals surface area contributed by atoms with E-state index in [1.54, 1.807) is 6.33 Å². The van der Waals surface area contributed by atoms with Gasteiger partial charge in [0, 0.05) is 13.2 Å². The molecule has 0 radical (unpaired) electrons. The first-order valence-electron chi connectivity index (χ1n) is 3.40. The van der Waals surface area contributed by atoms with Gasteiger partial charge in [0.25, 0.3) is 0 Å². The molecule has 0 aromatic carbocycles. The molecule has 0 saturated heterocycles. The standard InChI is InChI=1S/C7H12N2O/c1-3-7(10)6-4-9(2)5-8-6/h4-5,7,10H,3H2,1-2H3. The normalized spacial score (nSPS) is 13.5. The molecular weight excluding hydrogens is 128 g/mol. The second kappa shape index (κ2) is 2.84. The van der Waals surface area contributed by atoms with Gasteiger partial charge in [-0.2, -0.15) is 0 Å². The van der Waals surface area contributed by atoms with Crippen LogP contribution in [0.5, 0.6) is 0 Å². The van der Waals surface area contributed by atoms with Gasteiger partial charge < -0.3 is 9.67 Å². The maximum atomic E-state index is 9.27. The van der Waals surface area contributed by atoms with Crippen molar-refractivity contribution in [3.63, 3.8) is 0 Å². The maximum Gasteiger partial charge on any atom is 0.0972 e. The van der Waals surface area contributed by atoms with Crippen LogP contribution in [-0.4, -0.2) is 14.7 Å². The summed E-state index contributed by atoms with van der Waals surface area (Å²) in [5.41, 5.74) is 0.755. The molecule has 1 N–H and O–H groups in total. The fourth-order valence-electron chi connectivity index (χ4n) is 0.814. The molecule has 0 bridgehead atoms. The third kappa shape index (κ3) is 1.36. The smallest absolute Gasteiger partial charge is 0.0972 e. The molecule has 0 amide bonds. The molecule has 56 valence electrons. The minimum absolute atomic E-state index is 0.402. The van der Waals surface area contributed by atoms with E-state index in [2.05, 4.69) is 4.98 Å². The molecule has 1 aromatic rings. The molecule has 1 heterocycles. The van der Waals surface area contributed by atoms with Crippen molar-refractivity contribution in [2.75, 3.05) is 0 Å². The summed E-state index contributed by atoms with van der Waals surface area (Å²) in [6, 6.07) is 0. The fraction of sp³-hybridized carbons (Fsp3) is 0.571. The Morgan fingerprint density at radius 2 is 2.50 bits per heavy atom. The Balaban J connectivity index is 2.74. The van der Waals surface area contributed by atoms with E-state index < -0.39 is 6.10 Å². The van der Waals surface area contributed by atoms with Crippen LogP contribution >= 0.6 is 0 Å². The van der Waals surface area contributed by atoms with E-state index >= 15 is 0 Å². The van der Waals surface area contributed by atoms with Crippen molar-refractivity contribution in [1.82, 2.24) is 9.55 Å². The van der Waals surface area contributed by atoms with E-state index in [9.17, 15) is 5.11 Å². The zero-order chi connectivity index (χ0) is 7.56. The molecule has 10 heavy (non-hydrogen) atoms. The zero-order valence-corrected chi connectivity index (χ0v) is 6.28. The molecule has 1 unspecified atom stereocenters. The van der Waals surface area contributed by atoms with Crippen LogP contribution in [0, 0.1) is 0 Å². The molecule has 0 aliphatic carbocycles. The molecule has 3 nitrogen and oxygen atoms in total. The van der Waals surface area contributed by atoms with Crippen LogP contribution in [-0.2, 0) is 7.05 Å². The van der Waals surface area contributed by atoms with E-state index in [4.69, 9.17) is 0 Å². The summed E-state index contributed by atoms with van der Waals surface area (Å²) in [4.78, 5) is 4.00. The average molecular weight is 140 g/mol. The highest BCUT2D eigenvalue weighted by Gasteiger charge is 2.05. The van der Waals surface area contributed by atoms with E-state index in [0.717, 1.165) is 12.1 Å². The number of imidazole rings is 1. The van der Waals surface area contributed by atoms with Crippen LogP contribution in [0.1, 0.15) is 25.1 Å². The minimum atomic E-state index is -0.402. The Labute approximate surface area is 60.3 Å². The van der Waals surface area contributed by atoms with Crippen molar-refractivity contribution < 1.29 is 5.11 Å². The lowest BCUT2D eigenvalue weighted by Gasteiger charge is -2.00. The van der Waals surface area contributed by atoms with Gasteiger partial charge in [0.05, 0.1) is 18.1 Å². The van der Waals surface area contributed by atoms with Gasteiger partial charge in [0.2, 0.25) is 0 Å². The van der Waals surface area contributed by atoms with Gasteiger partial charge in [-0.15, -0.1) is 0 Å². The molecular formula is C7H12N2O. The molecule has 0 spiro atoms. The van der Waals surface area contributed by atoms with Crippen LogP contribution in [0.4, 0.5) is 0 Å². The maximum absolute atomic E-state index is 9.27. The van der Waals surface area contributed by atoms with Gasteiger partial charge in [-0.3, -0.25) is 0 Å². The second-order valence-corrected chi connectivity index (χ2v) is 2.39. The van der Waals surface area contributed by atoms with E-state index in [0.29, 0.717) is 0 Å². The number of aliphatic hydroxyl groups excluding tert-OH is 1. The molecule has 0 saturated carbocycles. The number of hydrogen-bond donors (Lipinski definition) is 1. The number of rotatable bonds is 2. The SMILES string of the molecule is CCC(O)c1cn(C)cn1. The van der Waals surface area contributed by atoms with Crippen molar-refractivity contribution >= 4 is 0 Å². The topological polar surface area (TPSA) is 38.0 Å². The summed E-state index contributed by atoms with van der Waals surface area (Å²) in [5.74, 6) is 0. The van der Waals surface area contributed by atoms with Gasteiger partial charge in [-0.25, -0.2) is 4.98 Å². The minimum Gasteiger partial charge on any atom is -0.387 e. The van der Waals surface area contributed by atoms with Crippen LogP contribution in [0.2, 0.25) is 0 Å². The van der Waals surface area contributed by atoms with Gasteiger partial charge in [0.1, 0.15) is 0 Å². The van der Waals surface area contributed by atoms with Crippen molar-refractivity contribution in [3.05, 3.63) is 18.2 Å². The first-order valence-corrected chi connectivity index (χ1v) is 3.40. The Hall–Kier alpha value is -0.830. The van der Waals surface area contributed by atoms with Crippen molar-refractivity contribution in [1.29, 1.82) is 0 Å². The largest absolute Gasteiger partial charge is 0.387 e. The number of aliphatic hydroxyl groups is 1. The predicted octanol–water partition coefficient (Wildman–Crippen LogP) is 0.863. The van der Waals surface area contributed by atoms with Crippen LogP contribution in [0.15, 0.2) is 12.5 Å². The Morgan fingerprint density at radius 3 is 2.90 bits per heavy atom. The Kier molecular flexibility index (Phi) is 2.06. The van der Waals surface area contributed by atoms with E-state index in [-0.39, 0.29) is 0 Å². The molecule has 0 aliphatic heterocycles. The number of aromatic nitrogens is 2. The average Bonchev–Trinajstić information content (AvgIpc) is 2.34. The summed E-state index contributed by atoms with van der Waals surface area (Å²) in [6.45, 7) is 1.93. The lowest BCUT2D eigenvalue weighted by atomic mass is 10.2. The molecule has 0 aliphatic rings. The van der Waals surface area contributed by atoms with Gasteiger partial charge >= 0.3 is 0 Å². The number of nitrogens with zero attached hydrogens (tertiary/aromatic N) is 2. The van der Waals surface area contributed by atoms with Crippen molar-refractivity contribution in [3.8, 4) is 0 Å². The van der Waals surface area contributed by atoms with Crippen LogP contribution < -0.4 is 0 Å². The third-order valence-electron chi connectivity index (χ3n) is 1.45. The van der Waals surface area contributed by atoms with Crippen LogP contribution in [0.25, 0.3) is 0 Å². The highest BCUT2D eigenvalue weighted by atomic mass is 16.3. The van der Waals surface area contributed by atoms with Crippen LogP contribution in [0.3, 0.4) is 0 Å². The summed E-state index contributed by atoms with van der Waals surface area (Å²) >= 11 is 0. The summed E-state index contributed by atoms with van der Waals surface area (Å²) in [6.07, 6.45) is 3.83. The molecule has 1 aromatic heterocycles. The van der Waals surface area contributed by atoms with Crippen molar-refractivity contribution in [2.24, 2.45) is 7.05 Å². The van der Waals surface area contributed by atoms with Gasteiger partial charge in [-0.1, -0.05) is 6.92 Å². The van der Waals surface area contributed by atoms with E-state index in [1.165, 1.54) is 0 Å². The first kappa shape index (κ1) is 7.28. The quantitative estimate of drug-likeness (QED) is 0.661. The highest BCUT2D eigenvalue weighted by Crippen LogP contribution is 2.11. The zero-order valence-electron chi connectivity index (χ0n) is 6.28. The van der Waals surface area contributed by atoms with E-state index in [1.807, 2.05) is 24.7 Å². The van der Waals surface area contributed by atoms with Crippen molar-refractivity contribution in [2.45, 2.75) is 19.4 Å². The summed E-state index contributed by atoms with van der Waals surface area (Å²) < 4.78 is 1.83. The fourth-order valence-corrected chi connectivity index (χ4v) is 0.814. The monoisotopic (exact) mass is 140 g/mol. The Bertz CT molecular complexity index is 207. The third-order valence-corrected chi connectivity index (χ3v) is 1.45. The number of hydrogen-bond acceptors (Lipinski definition) is 2. The highest BCUT2D eigenvalue weighted by molar-refractivity contribution is 4.99. The lowest BCUT2D eigenvalue weighted by molar-refractivity contribution is 0.169. The molecule has 1 atom stereocenters. The summed E-state index contributed by atoms with van der Waals surface area (Å²) in [7, 11) is 1.89. The molecule has 1 rings (SSSR count). The molecule has 0 fully saturated rings. The van der Waals surface area contributed by atoms with Gasteiger partial charge in [0.15, 0.2) is 0 Å². The first-order chi connectivity index (χ1) is 4.74. The summed E-state index contributed by atoms with van der Waals surface area (Å²) in [5, 5.41) is 9.27. The Morgan fingerprint density at radius 1 is 1.80 bits per heavy atom. The molecule has 3 heteroatoms. The lowest BCUT2D eigenvalue weighted by Crippen LogP contribution is -1.94. The second-order valence-electron chi connectivity index (χ2n) is 2.39. The van der Waals surface area contributed by atoms with Gasteiger partial charge in [-0.05, 0) is 6.42 Å².